The molecule has 28 heavy (non-hydrogen) atoms. The molecular formula is C19H22Cl2N2O4S. The second-order valence-corrected chi connectivity index (χ2v) is 9.09. The first kappa shape index (κ1) is 22.5. The number of hydrogen-bond donors (Lipinski definition) is 2. The molecule has 152 valence electrons. The average molecular weight is 445 g/mol. The fourth-order valence-electron chi connectivity index (χ4n) is 2.28. The number of methoxy groups -OCH3 is 1. The Morgan fingerprint density at radius 1 is 1.11 bits per heavy atom. The van der Waals surface area contributed by atoms with Crippen LogP contribution in [-0.4, -0.2) is 28.0 Å². The molecule has 2 rings (SSSR count). The number of amides is 1. The van der Waals surface area contributed by atoms with Gasteiger partial charge in [0, 0.05) is 13.1 Å². The molecular weight excluding hydrogens is 423 g/mol. The number of carbonyl (C=O) groups is 1. The molecule has 0 atom stereocenters. The zero-order chi connectivity index (χ0) is 20.9. The first-order valence-corrected chi connectivity index (χ1v) is 10.8. The second-order valence-electron chi connectivity index (χ2n) is 6.54. The molecule has 0 fully saturated rings. The molecule has 0 spiro atoms. The van der Waals surface area contributed by atoms with E-state index in [2.05, 4.69) is 10.0 Å². The minimum Gasteiger partial charge on any atom is -0.497 e. The fourth-order valence-corrected chi connectivity index (χ4v) is 4.35. The molecule has 2 aromatic rings. The Hall–Kier alpha value is -1.80. The highest BCUT2D eigenvalue weighted by Gasteiger charge is 2.22. The summed E-state index contributed by atoms with van der Waals surface area (Å²) in [4.78, 5) is 12.4. The minimum atomic E-state index is -3.87. The largest absolute Gasteiger partial charge is 0.497 e. The van der Waals surface area contributed by atoms with Gasteiger partial charge in [0.2, 0.25) is 10.0 Å². The maximum absolute atomic E-state index is 12.5. The first-order valence-electron chi connectivity index (χ1n) is 8.54. The predicted octanol–water partition coefficient (Wildman–Crippen LogP) is 3.87. The predicted molar refractivity (Wildman–Crippen MR) is 111 cm³/mol. The third-order valence-corrected chi connectivity index (χ3v) is 6.05. The van der Waals surface area contributed by atoms with E-state index in [1.165, 1.54) is 12.1 Å². The smallest absolute Gasteiger partial charge is 0.253 e. The molecule has 0 heterocycles. The summed E-state index contributed by atoms with van der Waals surface area (Å²) in [5.74, 6) is 0.325. The Balaban J connectivity index is 2.20. The number of halogens is 2. The highest BCUT2D eigenvalue weighted by atomic mass is 35.5. The van der Waals surface area contributed by atoms with Crippen LogP contribution < -0.4 is 14.8 Å². The van der Waals surface area contributed by atoms with Crippen molar-refractivity contribution >= 4 is 39.1 Å². The summed E-state index contributed by atoms with van der Waals surface area (Å²) >= 11 is 12.2. The zero-order valence-corrected chi connectivity index (χ0v) is 18.1. The second kappa shape index (κ2) is 9.60. The highest BCUT2D eigenvalue weighted by molar-refractivity contribution is 7.89. The quantitative estimate of drug-likeness (QED) is 0.646. The average Bonchev–Trinajstić information content (AvgIpc) is 2.64. The van der Waals surface area contributed by atoms with Crippen LogP contribution >= 0.6 is 23.2 Å². The van der Waals surface area contributed by atoms with Gasteiger partial charge >= 0.3 is 0 Å². The Morgan fingerprint density at radius 3 is 2.32 bits per heavy atom. The summed E-state index contributed by atoms with van der Waals surface area (Å²) in [5, 5.41) is 2.74. The lowest BCUT2D eigenvalue weighted by Gasteiger charge is -2.13. The van der Waals surface area contributed by atoms with Gasteiger partial charge in [-0.25, -0.2) is 13.1 Å². The summed E-state index contributed by atoms with van der Waals surface area (Å²) < 4.78 is 32.6. The minimum absolute atomic E-state index is 0.0319. The maximum Gasteiger partial charge on any atom is 0.253 e. The van der Waals surface area contributed by atoms with Gasteiger partial charge < -0.3 is 10.1 Å². The Bertz CT molecular complexity index is 945. The molecule has 0 saturated carbocycles. The molecule has 0 saturated heterocycles. The van der Waals surface area contributed by atoms with Gasteiger partial charge in [-0.15, -0.1) is 0 Å². The van der Waals surface area contributed by atoms with Crippen molar-refractivity contribution in [2.45, 2.75) is 25.3 Å². The lowest BCUT2D eigenvalue weighted by molar-refractivity contribution is 0.0951. The lowest BCUT2D eigenvalue weighted by atomic mass is 10.2. The van der Waals surface area contributed by atoms with Gasteiger partial charge in [-0.1, -0.05) is 49.2 Å². The van der Waals surface area contributed by atoms with Crippen molar-refractivity contribution in [1.82, 2.24) is 10.0 Å². The van der Waals surface area contributed by atoms with Gasteiger partial charge in [0.1, 0.15) is 10.6 Å². The van der Waals surface area contributed by atoms with E-state index in [9.17, 15) is 13.2 Å². The monoisotopic (exact) mass is 444 g/mol. The Morgan fingerprint density at radius 2 is 1.75 bits per heavy atom. The lowest BCUT2D eigenvalue weighted by Crippen LogP contribution is -2.28. The van der Waals surface area contributed by atoms with Crippen molar-refractivity contribution in [2.75, 3.05) is 13.7 Å². The number of sulfonamides is 1. The molecule has 1 amide bonds. The van der Waals surface area contributed by atoms with Crippen LogP contribution in [0.3, 0.4) is 0 Å². The molecule has 0 aliphatic carbocycles. The van der Waals surface area contributed by atoms with Crippen LogP contribution in [0, 0.1) is 5.92 Å². The number of carbonyl (C=O) groups excluding carboxylic acids is 1. The van der Waals surface area contributed by atoms with E-state index in [-0.39, 0.29) is 39.5 Å². The molecule has 9 heteroatoms. The molecule has 0 unspecified atom stereocenters. The molecule has 0 aliphatic rings. The van der Waals surface area contributed by atoms with Crippen LogP contribution in [0.2, 0.25) is 10.0 Å². The summed E-state index contributed by atoms with van der Waals surface area (Å²) in [6.45, 7) is 4.25. The maximum atomic E-state index is 12.5. The van der Waals surface area contributed by atoms with E-state index >= 15 is 0 Å². The number of ether oxygens (including phenoxy) is 1. The molecule has 6 nitrogen and oxygen atoms in total. The van der Waals surface area contributed by atoms with Crippen LogP contribution in [0.25, 0.3) is 0 Å². The topological polar surface area (TPSA) is 84.5 Å². The van der Waals surface area contributed by atoms with Crippen LogP contribution in [0.4, 0.5) is 0 Å². The molecule has 2 aromatic carbocycles. The van der Waals surface area contributed by atoms with Gasteiger partial charge in [0.05, 0.1) is 22.7 Å². The summed E-state index contributed by atoms with van der Waals surface area (Å²) in [6, 6.07) is 9.64. The van der Waals surface area contributed by atoms with E-state index in [0.717, 1.165) is 5.56 Å². The summed E-state index contributed by atoms with van der Waals surface area (Å²) in [7, 11) is -2.30. The van der Waals surface area contributed by atoms with Gasteiger partial charge in [-0.2, -0.15) is 0 Å². The summed E-state index contributed by atoms with van der Waals surface area (Å²) in [5.41, 5.74) is 0.884. The van der Waals surface area contributed by atoms with Crippen LogP contribution in [0.1, 0.15) is 29.8 Å². The number of hydrogen-bond acceptors (Lipinski definition) is 4. The SMILES string of the molecule is COc1ccc(CNC(=O)c2cc(S(=O)(=O)NCC(C)C)c(Cl)cc2Cl)cc1. The standard InChI is InChI=1S/C19H22Cl2N2O4S/c1-12(2)10-23-28(25,26)18-8-15(16(20)9-17(18)21)19(24)22-11-13-4-6-14(27-3)7-5-13/h4-9,12,23H,10-11H2,1-3H3,(H,22,24). The fraction of sp³-hybridized carbons (Fsp3) is 0.316. The van der Waals surface area contributed by atoms with Crippen molar-refractivity contribution in [3.63, 3.8) is 0 Å². The highest BCUT2D eigenvalue weighted by Crippen LogP contribution is 2.29. The van der Waals surface area contributed by atoms with Crippen LogP contribution in [-0.2, 0) is 16.6 Å². The van der Waals surface area contributed by atoms with E-state index in [0.29, 0.717) is 5.75 Å². The molecule has 0 aromatic heterocycles. The van der Waals surface area contributed by atoms with Crippen molar-refractivity contribution in [2.24, 2.45) is 5.92 Å². The normalized spacial score (nSPS) is 11.5. The molecule has 0 aliphatic heterocycles. The molecule has 0 radical (unpaired) electrons. The summed E-state index contributed by atoms with van der Waals surface area (Å²) in [6.07, 6.45) is 0. The van der Waals surface area contributed by atoms with Gasteiger partial charge in [-0.05, 0) is 35.7 Å². The van der Waals surface area contributed by atoms with Gasteiger partial charge in [-0.3, -0.25) is 4.79 Å². The van der Waals surface area contributed by atoms with E-state index < -0.39 is 15.9 Å². The third kappa shape index (κ3) is 5.85. The van der Waals surface area contributed by atoms with E-state index in [4.69, 9.17) is 27.9 Å². The van der Waals surface area contributed by atoms with Gasteiger partial charge in [0.15, 0.2) is 0 Å². The molecule has 2 N–H and O–H groups in total. The Kier molecular flexibility index (Phi) is 7.71. The number of nitrogens with one attached hydrogen (secondary N) is 2. The number of rotatable bonds is 8. The van der Waals surface area contributed by atoms with Crippen LogP contribution in [0.5, 0.6) is 5.75 Å². The number of benzene rings is 2. The van der Waals surface area contributed by atoms with E-state index in [1.807, 2.05) is 26.0 Å². The van der Waals surface area contributed by atoms with Crippen LogP contribution in [0.15, 0.2) is 41.3 Å². The third-order valence-electron chi connectivity index (χ3n) is 3.85. The van der Waals surface area contributed by atoms with Crippen molar-refractivity contribution in [3.8, 4) is 5.75 Å². The van der Waals surface area contributed by atoms with E-state index in [1.54, 1.807) is 19.2 Å². The van der Waals surface area contributed by atoms with Gasteiger partial charge in [0.25, 0.3) is 5.91 Å². The van der Waals surface area contributed by atoms with Crippen molar-refractivity contribution < 1.29 is 17.9 Å². The first-order chi connectivity index (χ1) is 13.1. The van der Waals surface area contributed by atoms with Crippen molar-refractivity contribution in [3.05, 3.63) is 57.6 Å². The van der Waals surface area contributed by atoms with Crippen molar-refractivity contribution in [1.29, 1.82) is 0 Å². The molecule has 0 bridgehead atoms. The Labute approximate surface area is 175 Å². The zero-order valence-electron chi connectivity index (χ0n) is 15.8.